The predicted molar refractivity (Wildman–Crippen MR) is 124 cm³/mol. The summed E-state index contributed by atoms with van der Waals surface area (Å²) in [6, 6.07) is 22.6. The molecule has 1 aromatic heterocycles. The lowest BCUT2D eigenvalue weighted by molar-refractivity contribution is -0.113. The molecule has 7 heteroatoms. The van der Waals surface area contributed by atoms with E-state index < -0.39 is 0 Å². The number of para-hydroxylation sites is 1. The van der Waals surface area contributed by atoms with E-state index in [0.717, 1.165) is 22.5 Å². The number of phenols is 1. The Kier molecular flexibility index (Phi) is 6.04. The number of nitrogens with one attached hydrogen (secondary N) is 1. The molecule has 0 aliphatic carbocycles. The molecule has 4 rings (SSSR count). The fourth-order valence-electron chi connectivity index (χ4n) is 3.18. The van der Waals surface area contributed by atoms with Gasteiger partial charge in [-0.05, 0) is 55.8 Å². The second-order valence-corrected chi connectivity index (χ2v) is 8.14. The second-order valence-electron chi connectivity index (χ2n) is 7.20. The number of amides is 1. The Hall–Kier alpha value is -3.58. The van der Waals surface area contributed by atoms with Crippen molar-refractivity contribution in [2.24, 2.45) is 0 Å². The average Bonchev–Trinajstić information content (AvgIpc) is 3.17. The van der Waals surface area contributed by atoms with Gasteiger partial charge in [0.25, 0.3) is 0 Å². The summed E-state index contributed by atoms with van der Waals surface area (Å²) in [6.45, 7) is 4.00. The average molecular weight is 431 g/mol. The lowest BCUT2D eigenvalue weighted by Gasteiger charge is -2.11. The molecule has 31 heavy (non-hydrogen) atoms. The Labute approximate surface area is 185 Å². The van der Waals surface area contributed by atoms with E-state index in [1.165, 1.54) is 11.8 Å². The molecule has 0 aliphatic rings. The van der Waals surface area contributed by atoms with Crippen LogP contribution in [0.15, 0.2) is 78.0 Å². The molecule has 0 spiro atoms. The van der Waals surface area contributed by atoms with Gasteiger partial charge in [-0.25, -0.2) is 0 Å². The standard InChI is InChI=1S/C24H22N4O2S/c1-16-10-12-19(13-11-16)28-23(20-8-3-4-9-21(20)29)26-27-24(28)31-15-22(30)25-18-7-5-6-17(2)14-18/h3-14,29H,15H2,1-2H3,(H,25,30). The van der Waals surface area contributed by atoms with Crippen molar-refractivity contribution in [3.63, 3.8) is 0 Å². The monoisotopic (exact) mass is 430 g/mol. The number of thioether (sulfide) groups is 1. The van der Waals surface area contributed by atoms with Crippen LogP contribution < -0.4 is 5.32 Å². The van der Waals surface area contributed by atoms with Crippen LogP contribution in [0.4, 0.5) is 5.69 Å². The number of aromatic hydroxyl groups is 1. The fraction of sp³-hybridized carbons (Fsp3) is 0.125. The van der Waals surface area contributed by atoms with Crippen LogP contribution in [-0.4, -0.2) is 31.5 Å². The van der Waals surface area contributed by atoms with Gasteiger partial charge >= 0.3 is 0 Å². The highest BCUT2D eigenvalue weighted by Gasteiger charge is 2.19. The number of rotatable bonds is 6. The molecular formula is C24H22N4O2S. The fourth-order valence-corrected chi connectivity index (χ4v) is 3.93. The molecule has 0 aliphatic heterocycles. The summed E-state index contributed by atoms with van der Waals surface area (Å²) in [5, 5.41) is 22.5. The minimum atomic E-state index is -0.127. The van der Waals surface area contributed by atoms with E-state index in [1.807, 2.05) is 73.0 Å². The van der Waals surface area contributed by atoms with Crippen molar-refractivity contribution >= 4 is 23.4 Å². The first-order valence-corrected chi connectivity index (χ1v) is 10.8. The molecular weight excluding hydrogens is 408 g/mol. The van der Waals surface area contributed by atoms with Crippen molar-refractivity contribution in [2.75, 3.05) is 11.1 Å². The molecule has 156 valence electrons. The first-order valence-electron chi connectivity index (χ1n) is 9.81. The zero-order chi connectivity index (χ0) is 21.8. The molecule has 6 nitrogen and oxygen atoms in total. The lowest BCUT2D eigenvalue weighted by Crippen LogP contribution is -2.14. The molecule has 4 aromatic rings. The number of aryl methyl sites for hydroxylation is 2. The maximum Gasteiger partial charge on any atom is 0.234 e. The van der Waals surface area contributed by atoms with Gasteiger partial charge in [-0.1, -0.05) is 53.7 Å². The van der Waals surface area contributed by atoms with E-state index in [4.69, 9.17) is 0 Å². The normalized spacial score (nSPS) is 10.8. The summed E-state index contributed by atoms with van der Waals surface area (Å²) >= 11 is 1.29. The molecule has 0 unspecified atom stereocenters. The van der Waals surface area contributed by atoms with Crippen molar-refractivity contribution < 1.29 is 9.90 Å². The molecule has 0 saturated carbocycles. The van der Waals surface area contributed by atoms with Gasteiger partial charge in [0, 0.05) is 11.4 Å². The molecule has 0 radical (unpaired) electrons. The van der Waals surface area contributed by atoms with E-state index in [1.54, 1.807) is 18.2 Å². The zero-order valence-corrected chi connectivity index (χ0v) is 18.1. The number of carbonyl (C=O) groups is 1. The van der Waals surface area contributed by atoms with Crippen LogP contribution in [0.5, 0.6) is 5.75 Å². The van der Waals surface area contributed by atoms with E-state index in [0.29, 0.717) is 16.5 Å². The summed E-state index contributed by atoms with van der Waals surface area (Å²) < 4.78 is 1.86. The first kappa shape index (κ1) is 20.7. The van der Waals surface area contributed by atoms with Gasteiger partial charge in [-0.15, -0.1) is 10.2 Å². The number of benzene rings is 3. The third-order valence-electron chi connectivity index (χ3n) is 4.70. The Morgan fingerprint density at radius 3 is 2.48 bits per heavy atom. The topological polar surface area (TPSA) is 80.0 Å². The third-order valence-corrected chi connectivity index (χ3v) is 5.63. The molecule has 0 atom stereocenters. The summed E-state index contributed by atoms with van der Waals surface area (Å²) in [7, 11) is 0. The number of nitrogens with zero attached hydrogens (tertiary/aromatic N) is 3. The Morgan fingerprint density at radius 2 is 1.74 bits per heavy atom. The van der Waals surface area contributed by atoms with Crippen LogP contribution in [0.3, 0.4) is 0 Å². The maximum atomic E-state index is 12.5. The number of phenolic OH excluding ortho intramolecular Hbond substituents is 1. The Balaban J connectivity index is 1.62. The molecule has 2 N–H and O–H groups in total. The molecule has 3 aromatic carbocycles. The number of aromatic nitrogens is 3. The number of anilines is 1. The van der Waals surface area contributed by atoms with E-state index in [-0.39, 0.29) is 17.4 Å². The van der Waals surface area contributed by atoms with E-state index >= 15 is 0 Å². The van der Waals surface area contributed by atoms with Crippen LogP contribution >= 0.6 is 11.8 Å². The summed E-state index contributed by atoms with van der Waals surface area (Å²) in [6.07, 6.45) is 0. The lowest BCUT2D eigenvalue weighted by atomic mass is 10.1. The minimum absolute atomic E-state index is 0.122. The number of hydrogen-bond donors (Lipinski definition) is 2. The van der Waals surface area contributed by atoms with Crippen LogP contribution in [0.25, 0.3) is 17.1 Å². The second kappa shape index (κ2) is 9.06. The van der Waals surface area contributed by atoms with E-state index in [9.17, 15) is 9.90 Å². The van der Waals surface area contributed by atoms with Crippen molar-refractivity contribution in [1.82, 2.24) is 14.8 Å². The smallest absolute Gasteiger partial charge is 0.234 e. The minimum Gasteiger partial charge on any atom is -0.507 e. The summed E-state index contributed by atoms with van der Waals surface area (Å²) in [5.74, 6) is 0.692. The molecule has 1 amide bonds. The van der Waals surface area contributed by atoms with Crippen molar-refractivity contribution in [3.8, 4) is 22.8 Å². The highest BCUT2D eigenvalue weighted by molar-refractivity contribution is 7.99. The van der Waals surface area contributed by atoms with Crippen LogP contribution in [-0.2, 0) is 4.79 Å². The van der Waals surface area contributed by atoms with Gasteiger partial charge in [0.2, 0.25) is 5.91 Å². The number of carbonyl (C=O) groups excluding carboxylic acids is 1. The molecule has 0 saturated heterocycles. The van der Waals surface area contributed by atoms with E-state index in [2.05, 4.69) is 15.5 Å². The first-order chi connectivity index (χ1) is 15.0. The highest BCUT2D eigenvalue weighted by Crippen LogP contribution is 2.32. The van der Waals surface area contributed by atoms with Gasteiger partial charge in [0.15, 0.2) is 11.0 Å². The van der Waals surface area contributed by atoms with Crippen LogP contribution in [0, 0.1) is 13.8 Å². The maximum absolute atomic E-state index is 12.5. The van der Waals surface area contributed by atoms with Crippen LogP contribution in [0.2, 0.25) is 0 Å². The third kappa shape index (κ3) is 4.78. The van der Waals surface area contributed by atoms with Crippen molar-refractivity contribution in [1.29, 1.82) is 0 Å². The largest absolute Gasteiger partial charge is 0.507 e. The van der Waals surface area contributed by atoms with Crippen molar-refractivity contribution in [3.05, 3.63) is 83.9 Å². The molecule has 1 heterocycles. The van der Waals surface area contributed by atoms with Crippen molar-refractivity contribution in [2.45, 2.75) is 19.0 Å². The van der Waals surface area contributed by atoms with Gasteiger partial charge in [0.05, 0.1) is 11.3 Å². The SMILES string of the molecule is Cc1ccc(-n2c(SCC(=O)Nc3cccc(C)c3)nnc2-c2ccccc2O)cc1. The summed E-state index contributed by atoms with van der Waals surface area (Å²) in [4.78, 5) is 12.5. The van der Waals surface area contributed by atoms with Crippen LogP contribution in [0.1, 0.15) is 11.1 Å². The Bertz CT molecular complexity index is 1220. The predicted octanol–water partition coefficient (Wildman–Crippen LogP) is 4.99. The number of hydrogen-bond acceptors (Lipinski definition) is 5. The summed E-state index contributed by atoms with van der Waals surface area (Å²) in [5.41, 5.74) is 4.41. The van der Waals surface area contributed by atoms with Gasteiger partial charge in [0.1, 0.15) is 5.75 Å². The molecule has 0 fully saturated rings. The van der Waals surface area contributed by atoms with Gasteiger partial charge in [-0.3, -0.25) is 9.36 Å². The van der Waals surface area contributed by atoms with Gasteiger partial charge in [-0.2, -0.15) is 0 Å². The zero-order valence-electron chi connectivity index (χ0n) is 17.2. The Morgan fingerprint density at radius 1 is 0.968 bits per heavy atom. The highest BCUT2D eigenvalue weighted by atomic mass is 32.2. The molecule has 0 bridgehead atoms. The van der Waals surface area contributed by atoms with Gasteiger partial charge < -0.3 is 10.4 Å². The quantitative estimate of drug-likeness (QED) is 0.421.